The lowest BCUT2D eigenvalue weighted by molar-refractivity contribution is 0.351. The van der Waals surface area contributed by atoms with Crippen LogP contribution < -0.4 is 10.2 Å². The summed E-state index contributed by atoms with van der Waals surface area (Å²) in [6.45, 7) is 2.90. The highest BCUT2D eigenvalue weighted by Crippen LogP contribution is 2.26. The van der Waals surface area contributed by atoms with Gasteiger partial charge < -0.3 is 14.6 Å². The first-order chi connectivity index (χ1) is 9.72. The fourth-order valence-corrected chi connectivity index (χ4v) is 4.00. The number of aromatic nitrogens is 2. The summed E-state index contributed by atoms with van der Waals surface area (Å²) >= 11 is 2.01. The third-order valence-corrected chi connectivity index (χ3v) is 5.04. The number of alkyl halides is 1. The zero-order valence-electron chi connectivity index (χ0n) is 11.7. The Morgan fingerprint density at radius 1 is 1.40 bits per heavy atom. The molecule has 3 heterocycles. The Morgan fingerprint density at radius 3 is 2.90 bits per heavy atom. The molecule has 0 amide bonds. The molecule has 0 unspecified atom stereocenters. The summed E-state index contributed by atoms with van der Waals surface area (Å²) in [7, 11) is 0. The van der Waals surface area contributed by atoms with Crippen LogP contribution in [0.5, 0.6) is 0 Å². The van der Waals surface area contributed by atoms with Gasteiger partial charge in [-0.2, -0.15) is 11.8 Å². The van der Waals surface area contributed by atoms with Crippen molar-refractivity contribution in [2.75, 3.05) is 29.5 Å². The van der Waals surface area contributed by atoms with Crippen molar-refractivity contribution in [2.24, 2.45) is 0 Å². The van der Waals surface area contributed by atoms with E-state index in [0.717, 1.165) is 6.54 Å². The van der Waals surface area contributed by atoms with Crippen molar-refractivity contribution in [3.8, 4) is 0 Å². The lowest BCUT2D eigenvalue weighted by Crippen LogP contribution is -2.43. The van der Waals surface area contributed by atoms with E-state index in [1.807, 2.05) is 16.7 Å². The van der Waals surface area contributed by atoms with Crippen molar-refractivity contribution in [1.82, 2.24) is 15.5 Å². The maximum absolute atomic E-state index is 13.7. The Kier molecular flexibility index (Phi) is 4.45. The molecule has 20 heavy (non-hydrogen) atoms. The molecule has 2 fully saturated rings. The van der Waals surface area contributed by atoms with Gasteiger partial charge in [0.05, 0.1) is 6.54 Å². The summed E-state index contributed by atoms with van der Waals surface area (Å²) in [5.41, 5.74) is 0. The van der Waals surface area contributed by atoms with Gasteiger partial charge in [-0.1, -0.05) is 5.10 Å². The molecule has 2 atom stereocenters. The molecule has 7 heteroatoms. The third-order valence-electron chi connectivity index (χ3n) is 3.99. The molecule has 1 aromatic rings. The average Bonchev–Trinajstić information content (AvgIpc) is 3.03. The molecule has 0 aromatic carbocycles. The molecule has 2 aliphatic rings. The number of nitrogens with one attached hydrogen (secondary N) is 1. The lowest BCUT2D eigenvalue weighted by Gasteiger charge is -2.27. The Bertz CT molecular complexity index is 438. The summed E-state index contributed by atoms with van der Waals surface area (Å²) in [5.74, 6) is 2.97. The third kappa shape index (κ3) is 3.25. The van der Waals surface area contributed by atoms with Crippen molar-refractivity contribution in [2.45, 2.75) is 44.4 Å². The fraction of sp³-hybridized carbons (Fsp3) is 0.846. The Labute approximate surface area is 122 Å². The Morgan fingerprint density at radius 2 is 2.20 bits per heavy atom. The number of rotatable bonds is 4. The van der Waals surface area contributed by atoms with Crippen molar-refractivity contribution in [3.05, 3.63) is 5.89 Å². The number of aryl methyl sites for hydroxylation is 1. The fourth-order valence-electron chi connectivity index (χ4n) is 2.89. The summed E-state index contributed by atoms with van der Waals surface area (Å²) in [4.78, 5) is 1.91. The van der Waals surface area contributed by atoms with Crippen LogP contribution in [0.2, 0.25) is 0 Å². The second kappa shape index (κ2) is 6.30. The lowest BCUT2D eigenvalue weighted by atomic mass is 10.1. The van der Waals surface area contributed by atoms with Crippen LogP contribution in [0.25, 0.3) is 0 Å². The van der Waals surface area contributed by atoms with Crippen LogP contribution >= 0.6 is 11.8 Å². The number of nitrogens with zero attached hydrogens (tertiary/aromatic N) is 3. The number of hydrogen-bond acceptors (Lipinski definition) is 6. The second-order valence-corrected chi connectivity index (χ2v) is 6.76. The molecule has 0 bridgehead atoms. The highest BCUT2D eigenvalue weighted by molar-refractivity contribution is 7.99. The van der Waals surface area contributed by atoms with E-state index in [1.165, 1.54) is 24.3 Å². The molecule has 5 nitrogen and oxygen atoms in total. The molecule has 0 aliphatic carbocycles. The zero-order chi connectivity index (χ0) is 13.9. The average molecular weight is 300 g/mol. The van der Waals surface area contributed by atoms with Crippen LogP contribution in [0.15, 0.2) is 4.42 Å². The minimum atomic E-state index is -0.809. The summed E-state index contributed by atoms with van der Waals surface area (Å²) in [5, 5.41) is 11.4. The number of anilines is 1. The van der Waals surface area contributed by atoms with E-state index < -0.39 is 6.17 Å². The van der Waals surface area contributed by atoms with Gasteiger partial charge in [-0.15, -0.1) is 5.10 Å². The highest BCUT2D eigenvalue weighted by Gasteiger charge is 2.35. The van der Waals surface area contributed by atoms with Crippen LogP contribution in [-0.2, 0) is 0 Å². The van der Waals surface area contributed by atoms with Gasteiger partial charge in [-0.05, 0) is 24.3 Å². The van der Waals surface area contributed by atoms with E-state index in [-0.39, 0.29) is 6.04 Å². The molecule has 3 rings (SSSR count). The number of halogens is 1. The van der Waals surface area contributed by atoms with Gasteiger partial charge >= 0.3 is 6.01 Å². The monoisotopic (exact) mass is 300 g/mol. The van der Waals surface area contributed by atoms with E-state index in [2.05, 4.69) is 15.5 Å². The highest BCUT2D eigenvalue weighted by atomic mass is 32.2. The minimum Gasteiger partial charge on any atom is -0.408 e. The van der Waals surface area contributed by atoms with Gasteiger partial charge in [-0.25, -0.2) is 4.39 Å². The maximum Gasteiger partial charge on any atom is 0.318 e. The van der Waals surface area contributed by atoms with Crippen LogP contribution in [0, 0.1) is 6.92 Å². The van der Waals surface area contributed by atoms with Crippen molar-refractivity contribution >= 4 is 17.8 Å². The first-order valence-electron chi connectivity index (χ1n) is 7.24. The van der Waals surface area contributed by atoms with Gasteiger partial charge in [0, 0.05) is 32.0 Å². The largest absolute Gasteiger partial charge is 0.408 e. The van der Waals surface area contributed by atoms with Gasteiger partial charge in [0.2, 0.25) is 5.89 Å². The smallest absolute Gasteiger partial charge is 0.318 e. The van der Waals surface area contributed by atoms with Crippen LogP contribution in [-0.4, -0.2) is 53.0 Å². The molecule has 2 aliphatic heterocycles. The second-order valence-electron chi connectivity index (χ2n) is 5.54. The van der Waals surface area contributed by atoms with Crippen LogP contribution in [0.1, 0.15) is 25.2 Å². The Balaban J connectivity index is 1.58. The molecule has 0 saturated carbocycles. The summed E-state index contributed by atoms with van der Waals surface area (Å²) in [6.07, 6.45) is 2.14. The molecule has 112 valence electrons. The number of hydrogen-bond donors (Lipinski definition) is 1. The van der Waals surface area contributed by atoms with Gasteiger partial charge in [-0.3, -0.25) is 0 Å². The molecule has 0 spiro atoms. The number of thioether (sulfide) groups is 1. The first kappa shape index (κ1) is 14.1. The zero-order valence-corrected chi connectivity index (χ0v) is 12.5. The van der Waals surface area contributed by atoms with Gasteiger partial charge in [0.25, 0.3) is 0 Å². The van der Waals surface area contributed by atoms with E-state index in [1.54, 1.807) is 6.92 Å². The minimum absolute atomic E-state index is 0.111. The quantitative estimate of drug-likeness (QED) is 0.915. The topological polar surface area (TPSA) is 54.2 Å². The standard InChI is InChI=1S/C13H21FN4OS/c1-9-16-17-13(19-9)18-8-10(14)6-12(18)7-15-11-2-4-20-5-3-11/h10-12,15H,2-8H2,1H3/t10-,12-/m0/s1. The van der Waals surface area contributed by atoms with Gasteiger partial charge in [0.1, 0.15) is 6.17 Å². The molecular weight excluding hydrogens is 279 g/mol. The van der Waals surface area contributed by atoms with Crippen molar-refractivity contribution in [1.29, 1.82) is 0 Å². The van der Waals surface area contributed by atoms with Gasteiger partial charge in [0.15, 0.2) is 0 Å². The Hall–Kier alpha value is -0.820. The summed E-state index contributed by atoms with van der Waals surface area (Å²) < 4.78 is 19.2. The van der Waals surface area contributed by atoms with Crippen molar-refractivity contribution in [3.63, 3.8) is 0 Å². The molecule has 0 radical (unpaired) electrons. The van der Waals surface area contributed by atoms with E-state index in [9.17, 15) is 4.39 Å². The normalized spacial score (nSPS) is 28.2. The molecule has 2 saturated heterocycles. The molecule has 1 aromatic heterocycles. The van der Waals surface area contributed by atoms with Crippen LogP contribution in [0.4, 0.5) is 10.4 Å². The summed E-state index contributed by atoms with van der Waals surface area (Å²) in [6, 6.07) is 1.13. The molecule has 1 N–H and O–H groups in total. The van der Waals surface area contributed by atoms with E-state index in [0.29, 0.717) is 30.9 Å². The molecular formula is C13H21FN4OS. The SMILES string of the molecule is Cc1nnc(N2C[C@@H](F)C[C@H]2CNC2CCSCC2)o1. The predicted octanol–water partition coefficient (Wildman–Crippen LogP) is 1.78. The maximum atomic E-state index is 13.7. The van der Waals surface area contributed by atoms with Crippen LogP contribution in [0.3, 0.4) is 0 Å². The van der Waals surface area contributed by atoms with Crippen molar-refractivity contribution < 1.29 is 8.81 Å². The van der Waals surface area contributed by atoms with E-state index in [4.69, 9.17) is 4.42 Å². The van der Waals surface area contributed by atoms with E-state index >= 15 is 0 Å². The first-order valence-corrected chi connectivity index (χ1v) is 8.40. The predicted molar refractivity (Wildman–Crippen MR) is 78.0 cm³/mol.